The van der Waals surface area contributed by atoms with E-state index in [-0.39, 0.29) is 69.5 Å². The van der Waals surface area contributed by atoms with Crippen molar-refractivity contribution in [3.05, 3.63) is 105 Å². The zero-order valence-electron chi connectivity index (χ0n) is 23.7. The van der Waals surface area contributed by atoms with Crippen LogP contribution in [0, 0.1) is 0 Å². The van der Waals surface area contributed by atoms with Gasteiger partial charge in [-0.3, -0.25) is 18.9 Å². The molecule has 1 radical (unpaired) electrons. The Hall–Kier alpha value is -3.48. The Morgan fingerprint density at radius 2 is 1.71 bits per heavy atom. The molecule has 0 bridgehead atoms. The predicted molar refractivity (Wildman–Crippen MR) is 157 cm³/mol. The molecule has 6 rings (SSSR count). The fraction of sp³-hybridized carbons (Fsp3) is 0.226. The number of nitrogens with zero attached hydrogens (tertiary/aromatic N) is 3. The molecule has 0 atom stereocenters. The molecule has 1 aliphatic rings. The van der Waals surface area contributed by atoms with E-state index >= 15 is 0 Å². The number of hydrogen-bond donors (Lipinski definition) is 1. The van der Waals surface area contributed by atoms with E-state index in [4.69, 9.17) is 23.7 Å². The summed E-state index contributed by atoms with van der Waals surface area (Å²) in [6.07, 6.45) is 2.06. The van der Waals surface area contributed by atoms with Crippen LogP contribution in [-0.4, -0.2) is 77.9 Å². The summed E-state index contributed by atoms with van der Waals surface area (Å²) >= 11 is 0. The summed E-state index contributed by atoms with van der Waals surface area (Å²) in [6.45, 7) is 4.51. The fourth-order valence-corrected chi connectivity index (χ4v) is 4.87. The van der Waals surface area contributed by atoms with Crippen molar-refractivity contribution in [3.8, 4) is 45.5 Å². The summed E-state index contributed by atoms with van der Waals surface area (Å²) in [4.78, 5) is 32.8. The second-order valence-electron chi connectivity index (χ2n) is 9.60. The number of aryl methyl sites for hydroxylation is 2. The number of ether oxygens (including phenoxy) is 3. The fourth-order valence-electron chi connectivity index (χ4n) is 4.87. The topological polar surface area (TPSA) is 121 Å². The van der Waals surface area contributed by atoms with Crippen LogP contribution in [0.1, 0.15) is 37.4 Å². The Bertz CT molecular complexity index is 1830. The Morgan fingerprint density at radius 1 is 0.952 bits per heavy atom. The maximum atomic E-state index is 13.9. The summed E-state index contributed by atoms with van der Waals surface area (Å²) in [5.41, 5.74) is 3.88. The summed E-state index contributed by atoms with van der Waals surface area (Å²) in [7, 11) is 0. The van der Waals surface area contributed by atoms with Gasteiger partial charge in [0.05, 0.1) is 12.2 Å². The molecule has 2 aromatic heterocycles. The van der Waals surface area contributed by atoms with E-state index < -0.39 is 5.76 Å². The van der Waals surface area contributed by atoms with Crippen LogP contribution in [0.2, 0.25) is 0 Å². The number of rotatable bonds is 9. The van der Waals surface area contributed by atoms with Gasteiger partial charge in [0.2, 0.25) is 12.5 Å². The van der Waals surface area contributed by atoms with Crippen molar-refractivity contribution >= 4 is 51.4 Å². The molecule has 0 unspecified atom stereocenters. The number of benzene rings is 3. The molecule has 0 aliphatic carbocycles. The second kappa shape index (κ2) is 13.2. The first-order valence-corrected chi connectivity index (χ1v) is 13.5. The van der Waals surface area contributed by atoms with Crippen molar-refractivity contribution in [2.24, 2.45) is 0 Å². The van der Waals surface area contributed by atoms with Crippen LogP contribution < -0.4 is 25.5 Å². The normalized spacial score (nSPS) is 11.8. The van der Waals surface area contributed by atoms with Crippen molar-refractivity contribution < 1.29 is 18.7 Å². The van der Waals surface area contributed by atoms with Gasteiger partial charge in [0.25, 0.3) is 5.56 Å². The van der Waals surface area contributed by atoms with Crippen LogP contribution in [0.5, 0.6) is 23.0 Å². The minimum atomic E-state index is -0.608. The number of H-pyrrole nitrogens is 1. The van der Waals surface area contributed by atoms with Gasteiger partial charge in [-0.15, -0.1) is 0 Å². The molecule has 0 spiro atoms. The van der Waals surface area contributed by atoms with E-state index in [9.17, 15) is 9.59 Å². The Morgan fingerprint density at radius 3 is 2.43 bits per heavy atom. The zero-order valence-corrected chi connectivity index (χ0v) is 26.8. The van der Waals surface area contributed by atoms with Crippen LogP contribution >= 0.6 is 0 Å². The van der Waals surface area contributed by atoms with E-state index in [1.165, 1.54) is 0 Å². The minimum absolute atomic E-state index is 0. The third-order valence-corrected chi connectivity index (χ3v) is 6.88. The Labute approximate surface area is 284 Å². The number of aromatic amines is 1. The van der Waals surface area contributed by atoms with Crippen molar-refractivity contribution in [2.45, 2.75) is 39.7 Å². The number of nitrogens with one attached hydrogen (secondary N) is 1. The SMILES string of the molecule is CCCc1nc(CC)c(Oc2ccc3c(c2)OCO3)c(=O)n1Cc1ccc(-c2ccccc2-c2noc(=O)[nH]2)cc1.[K]. The van der Waals surface area contributed by atoms with Gasteiger partial charge in [-0.25, -0.2) is 9.78 Å². The number of hydrogen-bond acceptors (Lipinski definition) is 8. The van der Waals surface area contributed by atoms with Crippen molar-refractivity contribution in [1.29, 1.82) is 0 Å². The molecule has 0 saturated carbocycles. The van der Waals surface area contributed by atoms with Gasteiger partial charge >= 0.3 is 5.76 Å². The summed E-state index contributed by atoms with van der Waals surface area (Å²) in [5.74, 6) is 2.38. The monoisotopic (exact) mass is 591 g/mol. The first kappa shape index (κ1) is 30.0. The Kier molecular flexibility index (Phi) is 9.44. The molecule has 3 heterocycles. The quantitative estimate of drug-likeness (QED) is 0.239. The van der Waals surface area contributed by atoms with Crippen LogP contribution in [0.3, 0.4) is 0 Å². The van der Waals surface area contributed by atoms with E-state index in [2.05, 4.69) is 17.1 Å². The molecular formula is C31H28KN4O6. The van der Waals surface area contributed by atoms with E-state index in [1.54, 1.807) is 22.8 Å². The van der Waals surface area contributed by atoms with E-state index in [0.29, 0.717) is 48.2 Å². The maximum absolute atomic E-state index is 13.9. The Balaban J connectivity index is 0.00000353. The molecule has 10 nitrogen and oxygen atoms in total. The largest absolute Gasteiger partial charge is 0.454 e. The molecule has 1 aliphatic heterocycles. The van der Waals surface area contributed by atoms with Crippen molar-refractivity contribution in [2.75, 3.05) is 6.79 Å². The molecule has 11 heteroatoms. The summed E-state index contributed by atoms with van der Waals surface area (Å²) < 4.78 is 23.4. The third kappa shape index (κ3) is 6.15. The molecule has 0 saturated heterocycles. The average Bonchev–Trinajstić information content (AvgIpc) is 3.65. The van der Waals surface area contributed by atoms with Gasteiger partial charge in [-0.2, -0.15) is 0 Å². The zero-order chi connectivity index (χ0) is 28.3. The van der Waals surface area contributed by atoms with E-state index in [1.807, 2.05) is 55.5 Å². The predicted octanol–water partition coefficient (Wildman–Crippen LogP) is 4.96. The van der Waals surface area contributed by atoms with Gasteiger partial charge in [0, 0.05) is 69.4 Å². The molecule has 5 aromatic rings. The van der Waals surface area contributed by atoms with Gasteiger partial charge in [-0.1, -0.05) is 67.5 Å². The molecule has 0 fully saturated rings. The summed E-state index contributed by atoms with van der Waals surface area (Å²) in [5, 5.41) is 3.84. The molecule has 1 N–H and O–H groups in total. The van der Waals surface area contributed by atoms with E-state index in [0.717, 1.165) is 34.5 Å². The molecule has 3 aromatic carbocycles. The first-order valence-electron chi connectivity index (χ1n) is 13.5. The molecule has 42 heavy (non-hydrogen) atoms. The van der Waals surface area contributed by atoms with Crippen LogP contribution in [0.25, 0.3) is 22.5 Å². The standard InChI is InChI=1S/C31H28N4O6.K/c1-3-7-27-32-24(4-2)28(40-21-14-15-25-26(16-21)39-18-38-25)30(36)35(27)17-19-10-12-20(13-11-19)22-8-5-6-9-23(22)29-33-31(37)41-34-29;/h5-6,8-16H,3-4,7,17-18H2,1-2H3,(H,33,34,37);. The van der Waals surface area contributed by atoms with Gasteiger partial charge < -0.3 is 14.2 Å². The van der Waals surface area contributed by atoms with Crippen LogP contribution in [-0.2, 0) is 19.4 Å². The average molecular weight is 592 g/mol. The first-order chi connectivity index (χ1) is 20.0. The minimum Gasteiger partial charge on any atom is -0.454 e. The molecule has 209 valence electrons. The number of aromatic nitrogens is 4. The second-order valence-corrected chi connectivity index (χ2v) is 9.60. The molecule has 0 amide bonds. The van der Waals surface area contributed by atoms with Gasteiger partial charge in [0.1, 0.15) is 11.6 Å². The summed E-state index contributed by atoms with van der Waals surface area (Å²) in [6, 6.07) is 20.8. The third-order valence-electron chi connectivity index (χ3n) is 6.88. The van der Waals surface area contributed by atoms with Gasteiger partial charge in [0.15, 0.2) is 17.3 Å². The molecular weight excluding hydrogens is 563 g/mol. The maximum Gasteiger partial charge on any atom is 0.439 e. The van der Waals surface area contributed by atoms with Crippen LogP contribution in [0.15, 0.2) is 80.8 Å². The van der Waals surface area contributed by atoms with Crippen molar-refractivity contribution in [3.63, 3.8) is 0 Å². The van der Waals surface area contributed by atoms with Crippen molar-refractivity contribution in [1.82, 2.24) is 19.7 Å². The number of fused-ring (bicyclic) bond motifs is 1. The van der Waals surface area contributed by atoms with Crippen LogP contribution in [0.4, 0.5) is 0 Å². The van der Waals surface area contributed by atoms with Gasteiger partial charge in [-0.05, 0) is 41.7 Å². The smallest absolute Gasteiger partial charge is 0.439 e.